The molecule has 6 nitrogen and oxygen atoms in total. The Hall–Kier alpha value is -2.76. The summed E-state index contributed by atoms with van der Waals surface area (Å²) in [5.74, 6) is -1.20. The Morgan fingerprint density at radius 2 is 2.25 bits per heavy atom. The zero-order valence-electron chi connectivity index (χ0n) is 10.7. The van der Waals surface area contributed by atoms with E-state index < -0.39 is 11.6 Å². The SMILES string of the molecule is C=CCOc1ccc2cc(C(=O)OC)oc(=O)c2c1O. The van der Waals surface area contributed by atoms with E-state index in [2.05, 4.69) is 11.3 Å². The highest BCUT2D eigenvalue weighted by Crippen LogP contribution is 2.32. The van der Waals surface area contributed by atoms with Crippen LogP contribution in [0.25, 0.3) is 10.8 Å². The Kier molecular flexibility index (Phi) is 3.74. The predicted molar refractivity (Wildman–Crippen MR) is 71.2 cm³/mol. The van der Waals surface area contributed by atoms with Gasteiger partial charge in [-0.2, -0.15) is 0 Å². The maximum atomic E-state index is 11.9. The molecule has 20 heavy (non-hydrogen) atoms. The van der Waals surface area contributed by atoms with Crippen LogP contribution in [0.3, 0.4) is 0 Å². The van der Waals surface area contributed by atoms with Gasteiger partial charge in [-0.15, -0.1) is 0 Å². The van der Waals surface area contributed by atoms with E-state index in [0.717, 1.165) is 0 Å². The van der Waals surface area contributed by atoms with E-state index >= 15 is 0 Å². The maximum Gasteiger partial charge on any atom is 0.374 e. The van der Waals surface area contributed by atoms with Crippen LogP contribution in [0.4, 0.5) is 0 Å². The zero-order chi connectivity index (χ0) is 14.7. The third-order valence-corrected chi connectivity index (χ3v) is 2.61. The molecule has 0 fully saturated rings. The first-order valence-electron chi connectivity index (χ1n) is 5.70. The molecule has 0 saturated carbocycles. The van der Waals surface area contributed by atoms with Gasteiger partial charge in [-0.3, -0.25) is 0 Å². The van der Waals surface area contributed by atoms with Crippen LogP contribution in [0.1, 0.15) is 10.6 Å². The molecule has 1 N–H and O–H groups in total. The van der Waals surface area contributed by atoms with Crippen molar-refractivity contribution in [2.45, 2.75) is 0 Å². The van der Waals surface area contributed by atoms with Crippen molar-refractivity contribution in [1.29, 1.82) is 0 Å². The lowest BCUT2D eigenvalue weighted by atomic mass is 10.1. The van der Waals surface area contributed by atoms with Gasteiger partial charge in [0.2, 0.25) is 5.76 Å². The summed E-state index contributed by atoms with van der Waals surface area (Å²) in [4.78, 5) is 23.2. The normalized spacial score (nSPS) is 10.2. The lowest BCUT2D eigenvalue weighted by Crippen LogP contribution is -2.08. The smallest absolute Gasteiger partial charge is 0.374 e. The third-order valence-electron chi connectivity index (χ3n) is 2.61. The van der Waals surface area contributed by atoms with Gasteiger partial charge < -0.3 is 19.0 Å². The van der Waals surface area contributed by atoms with E-state index in [1.54, 1.807) is 0 Å². The number of fused-ring (bicyclic) bond motifs is 1. The van der Waals surface area contributed by atoms with E-state index in [-0.39, 0.29) is 29.3 Å². The predicted octanol–water partition coefficient (Wildman–Crippen LogP) is 1.85. The van der Waals surface area contributed by atoms with Crippen molar-refractivity contribution in [2.24, 2.45) is 0 Å². The zero-order valence-corrected chi connectivity index (χ0v) is 10.7. The molecule has 0 saturated heterocycles. The first-order chi connectivity index (χ1) is 9.58. The van der Waals surface area contributed by atoms with Crippen molar-refractivity contribution in [2.75, 3.05) is 13.7 Å². The van der Waals surface area contributed by atoms with Gasteiger partial charge >= 0.3 is 11.6 Å². The second-order valence-electron chi connectivity index (χ2n) is 3.87. The van der Waals surface area contributed by atoms with Gasteiger partial charge in [-0.25, -0.2) is 9.59 Å². The van der Waals surface area contributed by atoms with Crippen LogP contribution in [0.15, 0.2) is 40.1 Å². The van der Waals surface area contributed by atoms with Gasteiger partial charge in [0.15, 0.2) is 11.5 Å². The molecule has 0 spiro atoms. The standard InChI is InChI=1S/C14H12O6/c1-3-6-19-9-5-4-8-7-10(13(16)18-2)20-14(17)11(8)12(9)15/h3-5,7,15H,1,6H2,2H3. The average molecular weight is 276 g/mol. The highest BCUT2D eigenvalue weighted by atomic mass is 16.5. The lowest BCUT2D eigenvalue weighted by Gasteiger charge is -2.08. The minimum absolute atomic E-state index is 0.0563. The summed E-state index contributed by atoms with van der Waals surface area (Å²) < 4.78 is 14.5. The van der Waals surface area contributed by atoms with Crippen LogP contribution >= 0.6 is 0 Å². The second-order valence-corrected chi connectivity index (χ2v) is 3.87. The van der Waals surface area contributed by atoms with Gasteiger partial charge in [0.1, 0.15) is 12.0 Å². The number of carbonyl (C=O) groups excluding carboxylic acids is 1. The fraction of sp³-hybridized carbons (Fsp3) is 0.143. The number of ether oxygens (including phenoxy) is 2. The number of benzene rings is 1. The molecule has 1 heterocycles. The number of methoxy groups -OCH3 is 1. The van der Waals surface area contributed by atoms with E-state index in [1.165, 1.54) is 31.4 Å². The summed E-state index contributed by atoms with van der Waals surface area (Å²) in [5.41, 5.74) is -0.843. The van der Waals surface area contributed by atoms with E-state index in [4.69, 9.17) is 9.15 Å². The summed E-state index contributed by atoms with van der Waals surface area (Å²) >= 11 is 0. The molecule has 2 aromatic rings. The van der Waals surface area contributed by atoms with Crippen molar-refractivity contribution >= 4 is 16.7 Å². The Balaban J connectivity index is 2.62. The number of hydrogen-bond acceptors (Lipinski definition) is 6. The number of carbonyl (C=O) groups is 1. The maximum absolute atomic E-state index is 11.9. The van der Waals surface area contributed by atoms with Gasteiger partial charge in [-0.1, -0.05) is 18.7 Å². The monoisotopic (exact) mass is 276 g/mol. The van der Waals surface area contributed by atoms with Crippen LogP contribution in [-0.4, -0.2) is 24.8 Å². The molecule has 0 amide bonds. The van der Waals surface area contributed by atoms with Crippen molar-refractivity contribution in [3.63, 3.8) is 0 Å². The Morgan fingerprint density at radius 3 is 2.90 bits per heavy atom. The summed E-state index contributed by atoms with van der Waals surface area (Å²) in [6.45, 7) is 3.67. The molecule has 0 aliphatic heterocycles. The molecule has 0 bridgehead atoms. The van der Waals surface area contributed by atoms with Crippen LogP contribution < -0.4 is 10.4 Å². The highest BCUT2D eigenvalue weighted by Gasteiger charge is 2.17. The molecule has 104 valence electrons. The molecule has 0 atom stereocenters. The molecule has 6 heteroatoms. The van der Waals surface area contributed by atoms with E-state index in [9.17, 15) is 14.7 Å². The topological polar surface area (TPSA) is 86.0 Å². The van der Waals surface area contributed by atoms with E-state index in [1.807, 2.05) is 0 Å². The van der Waals surface area contributed by atoms with Crippen molar-refractivity contribution < 1.29 is 23.8 Å². The number of phenolic OH excluding ortho intramolecular Hbond substituents is 1. The molecule has 1 aromatic heterocycles. The van der Waals surface area contributed by atoms with Gasteiger partial charge in [0.25, 0.3) is 0 Å². The average Bonchev–Trinajstić information content (AvgIpc) is 2.45. The molecule has 0 aliphatic rings. The fourth-order valence-electron chi connectivity index (χ4n) is 1.71. The van der Waals surface area contributed by atoms with Crippen LogP contribution in [-0.2, 0) is 4.74 Å². The number of esters is 1. The van der Waals surface area contributed by atoms with Gasteiger partial charge in [-0.05, 0) is 17.5 Å². The third kappa shape index (κ3) is 2.35. The molecule has 0 aliphatic carbocycles. The van der Waals surface area contributed by atoms with Crippen molar-refractivity contribution in [3.05, 3.63) is 47.0 Å². The summed E-state index contributed by atoms with van der Waals surface area (Å²) in [6, 6.07) is 4.35. The number of phenols is 1. The summed E-state index contributed by atoms with van der Waals surface area (Å²) in [5, 5.41) is 10.3. The minimum Gasteiger partial charge on any atom is -0.504 e. The number of rotatable bonds is 4. The Bertz CT molecular complexity index is 728. The van der Waals surface area contributed by atoms with E-state index in [0.29, 0.717) is 5.39 Å². The number of hydrogen-bond donors (Lipinski definition) is 1. The Morgan fingerprint density at radius 1 is 1.50 bits per heavy atom. The number of aromatic hydroxyl groups is 1. The molecular formula is C14H12O6. The first-order valence-corrected chi connectivity index (χ1v) is 5.70. The molecule has 1 aromatic carbocycles. The van der Waals surface area contributed by atoms with Crippen LogP contribution in [0.5, 0.6) is 11.5 Å². The Labute approximate surface area is 113 Å². The van der Waals surface area contributed by atoms with Gasteiger partial charge in [0, 0.05) is 0 Å². The fourth-order valence-corrected chi connectivity index (χ4v) is 1.71. The highest BCUT2D eigenvalue weighted by molar-refractivity contribution is 5.94. The molecule has 0 radical (unpaired) electrons. The second kappa shape index (κ2) is 5.48. The van der Waals surface area contributed by atoms with Crippen LogP contribution in [0, 0.1) is 0 Å². The molecule has 2 rings (SSSR count). The van der Waals surface area contributed by atoms with Crippen LogP contribution in [0.2, 0.25) is 0 Å². The first kappa shape index (κ1) is 13.7. The van der Waals surface area contributed by atoms with Crippen molar-refractivity contribution in [3.8, 4) is 11.5 Å². The largest absolute Gasteiger partial charge is 0.504 e. The van der Waals surface area contributed by atoms with Crippen molar-refractivity contribution in [1.82, 2.24) is 0 Å². The quantitative estimate of drug-likeness (QED) is 0.677. The lowest BCUT2D eigenvalue weighted by molar-refractivity contribution is 0.0560. The molecule has 0 unspecified atom stereocenters. The van der Waals surface area contributed by atoms with Gasteiger partial charge in [0.05, 0.1) is 7.11 Å². The minimum atomic E-state index is -0.843. The summed E-state index contributed by atoms with van der Waals surface area (Å²) in [6.07, 6.45) is 1.51. The molecular weight excluding hydrogens is 264 g/mol. The summed E-state index contributed by atoms with van der Waals surface area (Å²) in [7, 11) is 1.18.